The molecule has 1 N–H and O–H groups in total. The summed E-state index contributed by atoms with van der Waals surface area (Å²) in [4.78, 5) is 32.7. The van der Waals surface area contributed by atoms with E-state index in [1.807, 2.05) is 42.5 Å². The summed E-state index contributed by atoms with van der Waals surface area (Å²) >= 11 is 1.20. The first-order valence-electron chi connectivity index (χ1n) is 12.2. The van der Waals surface area contributed by atoms with Crippen molar-refractivity contribution in [3.05, 3.63) is 115 Å². The van der Waals surface area contributed by atoms with Crippen molar-refractivity contribution in [3.8, 4) is 17.2 Å². The SMILES string of the molecule is CCOC(=O)C1=C(c2ccccc2)N=c2s/c(=C\c3ccc(OC)c(O)c3)c(=O)n2C1c1cccc(OC)c1. The van der Waals surface area contributed by atoms with Crippen molar-refractivity contribution in [2.24, 2.45) is 4.99 Å². The first kappa shape index (κ1) is 26.0. The Hall–Kier alpha value is -4.63. The molecule has 198 valence electrons. The quantitative estimate of drug-likeness (QED) is 0.358. The number of phenols is 1. The lowest BCUT2D eigenvalue weighted by Crippen LogP contribution is -2.40. The van der Waals surface area contributed by atoms with E-state index in [9.17, 15) is 14.7 Å². The van der Waals surface area contributed by atoms with Gasteiger partial charge in [0.25, 0.3) is 5.56 Å². The fraction of sp³-hybridized carbons (Fsp3) is 0.167. The summed E-state index contributed by atoms with van der Waals surface area (Å²) in [6, 6.07) is 20.7. The monoisotopic (exact) mass is 542 g/mol. The number of aromatic nitrogens is 1. The molecule has 1 aromatic heterocycles. The van der Waals surface area contributed by atoms with Crippen molar-refractivity contribution >= 4 is 29.1 Å². The molecule has 1 aliphatic heterocycles. The maximum Gasteiger partial charge on any atom is 0.338 e. The highest BCUT2D eigenvalue weighted by molar-refractivity contribution is 7.07. The van der Waals surface area contributed by atoms with Gasteiger partial charge in [0, 0.05) is 5.56 Å². The van der Waals surface area contributed by atoms with E-state index in [2.05, 4.69) is 0 Å². The summed E-state index contributed by atoms with van der Waals surface area (Å²) in [6.45, 7) is 1.90. The van der Waals surface area contributed by atoms with Gasteiger partial charge in [0.1, 0.15) is 5.75 Å². The van der Waals surface area contributed by atoms with Gasteiger partial charge in [-0.1, -0.05) is 59.9 Å². The van der Waals surface area contributed by atoms with E-state index < -0.39 is 12.0 Å². The van der Waals surface area contributed by atoms with Gasteiger partial charge in [-0.05, 0) is 48.4 Å². The second-order valence-electron chi connectivity index (χ2n) is 8.64. The lowest BCUT2D eigenvalue weighted by Gasteiger charge is -2.26. The molecule has 0 spiro atoms. The smallest absolute Gasteiger partial charge is 0.338 e. The molecule has 0 saturated heterocycles. The van der Waals surface area contributed by atoms with Gasteiger partial charge in [0.15, 0.2) is 16.3 Å². The van der Waals surface area contributed by atoms with Crippen LogP contribution in [0.3, 0.4) is 0 Å². The molecule has 3 aromatic carbocycles. The van der Waals surface area contributed by atoms with Crippen LogP contribution in [0.2, 0.25) is 0 Å². The standard InChI is InChI=1S/C30H26N2O6S/c1-4-38-29(35)25-26(19-9-6-5-7-10-19)31-30-32(27(25)20-11-8-12-21(17-20)36-2)28(34)24(39-30)16-18-13-14-23(37-3)22(33)15-18/h5-17,27,33H,4H2,1-3H3/b24-16-. The highest BCUT2D eigenvalue weighted by Gasteiger charge is 2.35. The number of carbonyl (C=O) groups excluding carboxylic acids is 1. The molecule has 9 heteroatoms. The van der Waals surface area contributed by atoms with Crippen LogP contribution in [-0.2, 0) is 9.53 Å². The molecule has 0 radical (unpaired) electrons. The predicted octanol–water partition coefficient (Wildman–Crippen LogP) is 3.66. The number of esters is 1. The van der Waals surface area contributed by atoms with Gasteiger partial charge in [0.2, 0.25) is 0 Å². The molecule has 0 fully saturated rings. The van der Waals surface area contributed by atoms with Crippen LogP contribution in [0.1, 0.15) is 29.7 Å². The van der Waals surface area contributed by atoms with E-state index >= 15 is 0 Å². The Morgan fingerprint density at radius 2 is 1.85 bits per heavy atom. The molecule has 39 heavy (non-hydrogen) atoms. The van der Waals surface area contributed by atoms with Gasteiger partial charge in [-0.3, -0.25) is 9.36 Å². The van der Waals surface area contributed by atoms with Crippen molar-refractivity contribution in [2.75, 3.05) is 20.8 Å². The van der Waals surface area contributed by atoms with E-state index in [1.54, 1.807) is 44.4 Å². The summed E-state index contributed by atoms with van der Waals surface area (Å²) in [6.07, 6.45) is 1.68. The second kappa shape index (κ2) is 11.0. The van der Waals surface area contributed by atoms with E-state index in [0.717, 1.165) is 5.56 Å². The Morgan fingerprint density at radius 3 is 2.54 bits per heavy atom. The number of thiazole rings is 1. The van der Waals surface area contributed by atoms with Gasteiger partial charge in [-0.2, -0.15) is 0 Å². The Labute approximate surface area is 228 Å². The van der Waals surface area contributed by atoms with Crippen molar-refractivity contribution in [1.29, 1.82) is 0 Å². The van der Waals surface area contributed by atoms with Gasteiger partial charge < -0.3 is 19.3 Å². The average molecular weight is 543 g/mol. The zero-order valence-electron chi connectivity index (χ0n) is 21.6. The maximum atomic E-state index is 13.9. The van der Waals surface area contributed by atoms with E-state index in [0.29, 0.717) is 37.7 Å². The Kier molecular flexibility index (Phi) is 7.33. The second-order valence-corrected chi connectivity index (χ2v) is 9.65. The molecule has 1 atom stereocenters. The number of carbonyl (C=O) groups is 1. The molecule has 0 saturated carbocycles. The third-order valence-corrected chi connectivity index (χ3v) is 7.27. The lowest BCUT2D eigenvalue weighted by atomic mass is 9.93. The van der Waals surface area contributed by atoms with Gasteiger partial charge in [-0.15, -0.1) is 0 Å². The van der Waals surface area contributed by atoms with Crippen LogP contribution >= 0.6 is 11.3 Å². The summed E-state index contributed by atoms with van der Waals surface area (Å²) in [5.74, 6) is 0.328. The van der Waals surface area contributed by atoms with Crippen molar-refractivity contribution in [2.45, 2.75) is 13.0 Å². The highest BCUT2D eigenvalue weighted by atomic mass is 32.1. The molecule has 5 rings (SSSR count). The topological polar surface area (TPSA) is 99.4 Å². The fourth-order valence-corrected chi connectivity index (χ4v) is 5.52. The van der Waals surface area contributed by atoms with Crippen LogP contribution in [-0.4, -0.2) is 36.5 Å². The third-order valence-electron chi connectivity index (χ3n) is 6.28. The first-order chi connectivity index (χ1) is 18.9. The predicted molar refractivity (Wildman–Crippen MR) is 149 cm³/mol. The molecule has 0 aliphatic carbocycles. The van der Waals surface area contributed by atoms with Gasteiger partial charge >= 0.3 is 5.97 Å². The summed E-state index contributed by atoms with van der Waals surface area (Å²) in [5, 5.41) is 10.2. The van der Waals surface area contributed by atoms with Crippen LogP contribution < -0.4 is 24.4 Å². The van der Waals surface area contributed by atoms with Gasteiger partial charge in [-0.25, -0.2) is 9.79 Å². The van der Waals surface area contributed by atoms with Crippen molar-refractivity contribution in [1.82, 2.24) is 4.57 Å². The van der Waals surface area contributed by atoms with Crippen LogP contribution in [0.5, 0.6) is 17.2 Å². The van der Waals surface area contributed by atoms with Crippen LogP contribution in [0.4, 0.5) is 0 Å². The third kappa shape index (κ3) is 4.96. The molecule has 1 unspecified atom stereocenters. The summed E-state index contributed by atoms with van der Waals surface area (Å²) < 4.78 is 18.0. The van der Waals surface area contributed by atoms with Crippen molar-refractivity contribution in [3.63, 3.8) is 0 Å². The Morgan fingerprint density at radius 1 is 1.05 bits per heavy atom. The number of benzene rings is 3. The number of phenolic OH excluding ortho intramolecular Hbond substituents is 1. The number of methoxy groups -OCH3 is 2. The largest absolute Gasteiger partial charge is 0.504 e. The number of aromatic hydroxyl groups is 1. The summed E-state index contributed by atoms with van der Waals surface area (Å²) in [7, 11) is 3.03. The Bertz CT molecular complexity index is 1750. The van der Waals surface area contributed by atoms with E-state index in [1.165, 1.54) is 29.1 Å². The number of rotatable bonds is 7. The van der Waals surface area contributed by atoms with E-state index in [4.69, 9.17) is 19.2 Å². The molecule has 0 bridgehead atoms. The molecule has 2 heterocycles. The Balaban J connectivity index is 1.81. The zero-order valence-corrected chi connectivity index (χ0v) is 22.4. The number of hydrogen-bond donors (Lipinski definition) is 1. The normalized spacial score (nSPS) is 14.9. The average Bonchev–Trinajstić information content (AvgIpc) is 3.27. The highest BCUT2D eigenvalue weighted by Crippen LogP contribution is 2.36. The van der Waals surface area contributed by atoms with Crippen LogP contribution in [0.15, 0.2) is 88.2 Å². The first-order valence-corrected chi connectivity index (χ1v) is 13.1. The minimum Gasteiger partial charge on any atom is -0.504 e. The van der Waals surface area contributed by atoms with E-state index in [-0.39, 0.29) is 23.5 Å². The van der Waals surface area contributed by atoms with Crippen molar-refractivity contribution < 1.29 is 24.1 Å². The van der Waals surface area contributed by atoms with Crippen LogP contribution in [0.25, 0.3) is 11.8 Å². The lowest BCUT2D eigenvalue weighted by molar-refractivity contribution is -0.138. The molecule has 8 nitrogen and oxygen atoms in total. The number of nitrogens with zero attached hydrogens (tertiary/aromatic N) is 2. The molecular weight excluding hydrogens is 516 g/mol. The minimum atomic E-state index is -0.808. The number of fused-ring (bicyclic) bond motifs is 1. The molecular formula is C30H26N2O6S. The van der Waals surface area contributed by atoms with Gasteiger partial charge in [0.05, 0.1) is 42.7 Å². The minimum absolute atomic E-state index is 0.0377. The maximum absolute atomic E-state index is 13.9. The summed E-state index contributed by atoms with van der Waals surface area (Å²) in [5.41, 5.74) is 2.40. The molecule has 4 aromatic rings. The number of ether oxygens (including phenoxy) is 3. The fourth-order valence-electron chi connectivity index (χ4n) is 4.52. The van der Waals surface area contributed by atoms with Crippen LogP contribution in [0, 0.1) is 0 Å². The molecule has 1 aliphatic rings. The molecule has 0 amide bonds. The zero-order chi connectivity index (χ0) is 27.5. The number of hydrogen-bond acceptors (Lipinski definition) is 8.